The fraction of sp³-hybridized carbons (Fsp3) is 0.462. The van der Waals surface area contributed by atoms with Gasteiger partial charge in [-0.25, -0.2) is 4.79 Å². The number of ether oxygens (including phenoxy) is 4. The van der Waals surface area contributed by atoms with Crippen LogP contribution in [0.4, 0.5) is 10.5 Å². The molecule has 8 nitrogen and oxygen atoms in total. The number of nitro groups is 1. The zero-order chi connectivity index (χ0) is 15.5. The maximum Gasteiger partial charge on any atom is 0.513 e. The van der Waals surface area contributed by atoms with Crippen LogP contribution in [-0.2, 0) is 14.2 Å². The lowest BCUT2D eigenvalue weighted by atomic mass is 10.3. The van der Waals surface area contributed by atoms with Gasteiger partial charge in [-0.1, -0.05) is 0 Å². The van der Waals surface area contributed by atoms with E-state index in [1.165, 1.54) is 24.3 Å². The summed E-state index contributed by atoms with van der Waals surface area (Å²) in [7, 11) is 0. The monoisotopic (exact) mass is 297 g/mol. The van der Waals surface area contributed by atoms with Gasteiger partial charge in [0.15, 0.2) is 5.79 Å². The molecule has 1 heterocycles. The molecule has 0 bridgehead atoms. The van der Waals surface area contributed by atoms with E-state index in [-0.39, 0.29) is 24.1 Å². The van der Waals surface area contributed by atoms with E-state index < -0.39 is 16.9 Å². The van der Waals surface area contributed by atoms with Crippen molar-refractivity contribution >= 4 is 11.8 Å². The summed E-state index contributed by atoms with van der Waals surface area (Å²) in [6.07, 6.45) is -1.25. The Labute approximate surface area is 120 Å². The smallest absolute Gasteiger partial charge is 0.431 e. The zero-order valence-corrected chi connectivity index (χ0v) is 11.6. The molecule has 0 aliphatic carbocycles. The van der Waals surface area contributed by atoms with E-state index in [1.54, 1.807) is 13.8 Å². The van der Waals surface area contributed by atoms with Crippen molar-refractivity contribution in [2.24, 2.45) is 0 Å². The van der Waals surface area contributed by atoms with Crippen LogP contribution in [0.1, 0.15) is 13.8 Å². The first-order chi connectivity index (χ1) is 9.85. The van der Waals surface area contributed by atoms with Crippen LogP contribution in [0.3, 0.4) is 0 Å². The Morgan fingerprint density at radius 1 is 1.43 bits per heavy atom. The van der Waals surface area contributed by atoms with Gasteiger partial charge >= 0.3 is 6.16 Å². The minimum absolute atomic E-state index is 0.00917. The van der Waals surface area contributed by atoms with E-state index in [9.17, 15) is 14.9 Å². The Balaban J connectivity index is 1.78. The van der Waals surface area contributed by atoms with E-state index in [0.717, 1.165) is 0 Å². The minimum Gasteiger partial charge on any atom is -0.431 e. The van der Waals surface area contributed by atoms with Gasteiger partial charge in [0.25, 0.3) is 5.69 Å². The molecule has 8 heteroatoms. The number of nitrogens with zero attached hydrogens (tertiary/aromatic N) is 1. The van der Waals surface area contributed by atoms with Crippen LogP contribution in [0.25, 0.3) is 0 Å². The summed E-state index contributed by atoms with van der Waals surface area (Å²) >= 11 is 0. The first-order valence-corrected chi connectivity index (χ1v) is 6.26. The van der Waals surface area contributed by atoms with Crippen molar-refractivity contribution in [2.75, 3.05) is 13.2 Å². The number of hydrogen-bond acceptors (Lipinski definition) is 7. The van der Waals surface area contributed by atoms with Gasteiger partial charge in [-0.15, -0.1) is 0 Å². The fourth-order valence-electron chi connectivity index (χ4n) is 1.77. The molecular weight excluding hydrogens is 282 g/mol. The third kappa shape index (κ3) is 4.40. The van der Waals surface area contributed by atoms with Crippen molar-refractivity contribution in [1.29, 1.82) is 0 Å². The maximum absolute atomic E-state index is 11.5. The normalized spacial score (nSPS) is 20.0. The number of benzene rings is 1. The number of rotatable bonds is 4. The molecule has 0 amide bonds. The van der Waals surface area contributed by atoms with Gasteiger partial charge in [0.1, 0.15) is 18.5 Å². The molecular formula is C13H15NO7. The summed E-state index contributed by atoms with van der Waals surface area (Å²) in [6.45, 7) is 3.87. The van der Waals surface area contributed by atoms with E-state index in [2.05, 4.69) is 0 Å². The van der Waals surface area contributed by atoms with Gasteiger partial charge in [-0.05, 0) is 26.0 Å². The highest BCUT2D eigenvalue weighted by Gasteiger charge is 2.33. The molecule has 0 radical (unpaired) electrons. The molecule has 1 aromatic rings. The van der Waals surface area contributed by atoms with Crippen LogP contribution in [0.5, 0.6) is 5.75 Å². The Morgan fingerprint density at radius 2 is 2.10 bits per heavy atom. The SMILES string of the molecule is CC1(C)OC[C@H](COC(=O)Oc2ccc([N+](=O)[O-])cc2)O1. The summed E-state index contributed by atoms with van der Waals surface area (Å²) in [4.78, 5) is 21.4. The van der Waals surface area contributed by atoms with Crippen molar-refractivity contribution < 1.29 is 28.7 Å². The average Bonchev–Trinajstić information content (AvgIpc) is 2.77. The van der Waals surface area contributed by atoms with Crippen LogP contribution in [0.15, 0.2) is 24.3 Å². The Kier molecular flexibility index (Phi) is 4.39. The quantitative estimate of drug-likeness (QED) is 0.364. The number of hydrogen-bond donors (Lipinski definition) is 0. The van der Waals surface area contributed by atoms with E-state index in [0.29, 0.717) is 6.61 Å². The molecule has 2 rings (SSSR count). The van der Waals surface area contributed by atoms with Crippen LogP contribution in [0, 0.1) is 10.1 Å². The number of carbonyl (C=O) groups is 1. The Hall–Kier alpha value is -2.19. The van der Waals surface area contributed by atoms with Gasteiger partial charge in [0.05, 0.1) is 11.5 Å². The predicted octanol–water partition coefficient (Wildman–Crippen LogP) is 2.26. The number of nitro benzene ring substituents is 1. The Morgan fingerprint density at radius 3 is 2.62 bits per heavy atom. The van der Waals surface area contributed by atoms with Crippen LogP contribution in [-0.4, -0.2) is 36.2 Å². The van der Waals surface area contributed by atoms with Gasteiger partial charge in [-0.3, -0.25) is 10.1 Å². The van der Waals surface area contributed by atoms with Crippen LogP contribution >= 0.6 is 0 Å². The predicted molar refractivity (Wildman–Crippen MR) is 70.0 cm³/mol. The second kappa shape index (κ2) is 6.06. The van der Waals surface area contributed by atoms with E-state index in [4.69, 9.17) is 18.9 Å². The topological polar surface area (TPSA) is 97.1 Å². The second-order valence-electron chi connectivity index (χ2n) is 4.86. The number of carbonyl (C=O) groups excluding carboxylic acids is 1. The summed E-state index contributed by atoms with van der Waals surface area (Å²) in [5, 5.41) is 10.5. The van der Waals surface area contributed by atoms with E-state index >= 15 is 0 Å². The van der Waals surface area contributed by atoms with Gasteiger partial charge in [0.2, 0.25) is 0 Å². The van der Waals surface area contributed by atoms with Crippen molar-refractivity contribution in [3.63, 3.8) is 0 Å². The molecule has 1 aliphatic rings. The molecule has 1 saturated heterocycles. The van der Waals surface area contributed by atoms with Crippen LogP contribution in [0.2, 0.25) is 0 Å². The lowest BCUT2D eigenvalue weighted by Crippen LogP contribution is -2.25. The van der Waals surface area contributed by atoms with Gasteiger partial charge < -0.3 is 18.9 Å². The minimum atomic E-state index is -0.905. The average molecular weight is 297 g/mol. The van der Waals surface area contributed by atoms with Crippen LogP contribution < -0.4 is 4.74 Å². The Bertz CT molecular complexity index is 526. The van der Waals surface area contributed by atoms with Gasteiger partial charge in [0, 0.05) is 12.1 Å². The second-order valence-corrected chi connectivity index (χ2v) is 4.86. The lowest BCUT2D eigenvalue weighted by molar-refractivity contribution is -0.384. The van der Waals surface area contributed by atoms with Crippen molar-refractivity contribution in [1.82, 2.24) is 0 Å². The molecule has 1 aliphatic heterocycles. The van der Waals surface area contributed by atoms with Crippen molar-refractivity contribution in [3.05, 3.63) is 34.4 Å². The van der Waals surface area contributed by atoms with Gasteiger partial charge in [-0.2, -0.15) is 0 Å². The maximum atomic E-state index is 11.5. The fourth-order valence-corrected chi connectivity index (χ4v) is 1.77. The first-order valence-electron chi connectivity index (χ1n) is 6.26. The molecule has 21 heavy (non-hydrogen) atoms. The van der Waals surface area contributed by atoms with Crippen molar-refractivity contribution in [2.45, 2.75) is 25.7 Å². The largest absolute Gasteiger partial charge is 0.513 e. The molecule has 0 N–H and O–H groups in total. The molecule has 0 unspecified atom stereocenters. The first kappa shape index (κ1) is 15.2. The molecule has 1 aromatic carbocycles. The molecule has 0 aromatic heterocycles. The lowest BCUT2D eigenvalue weighted by Gasteiger charge is -2.16. The third-order valence-corrected chi connectivity index (χ3v) is 2.70. The molecule has 1 fully saturated rings. The molecule has 1 atom stereocenters. The standard InChI is InChI=1S/C13H15NO7/c1-13(2)19-8-11(21-13)7-18-12(15)20-10-5-3-9(4-6-10)14(16)17/h3-6,11H,7-8H2,1-2H3/t11-/m0/s1. The molecule has 114 valence electrons. The van der Waals surface area contributed by atoms with Crippen molar-refractivity contribution in [3.8, 4) is 5.75 Å². The highest BCUT2D eigenvalue weighted by Crippen LogP contribution is 2.22. The molecule has 0 spiro atoms. The highest BCUT2D eigenvalue weighted by molar-refractivity contribution is 5.64. The summed E-state index contributed by atoms with van der Waals surface area (Å²) in [6, 6.07) is 5.10. The highest BCUT2D eigenvalue weighted by atomic mass is 16.8. The molecule has 0 saturated carbocycles. The summed E-state index contributed by atoms with van der Waals surface area (Å²) < 4.78 is 20.6. The summed E-state index contributed by atoms with van der Waals surface area (Å²) in [5.41, 5.74) is -0.0885. The zero-order valence-electron chi connectivity index (χ0n) is 11.6. The number of non-ortho nitro benzene ring substituents is 1. The van der Waals surface area contributed by atoms with E-state index in [1.807, 2.05) is 0 Å². The third-order valence-electron chi connectivity index (χ3n) is 2.70. The summed E-state index contributed by atoms with van der Waals surface area (Å²) in [5.74, 6) is -0.523.